The molecule has 1 N–H and O–H groups in total. The molecule has 1 fully saturated rings. The molecule has 0 bridgehead atoms. The lowest BCUT2D eigenvalue weighted by Crippen LogP contribution is -2.46. The van der Waals surface area contributed by atoms with Crippen LogP contribution >= 0.6 is 0 Å². The van der Waals surface area contributed by atoms with Crippen LogP contribution in [0, 0.1) is 23.1 Å². The molecule has 0 amide bonds. The van der Waals surface area contributed by atoms with Gasteiger partial charge in [-0.15, -0.1) is 0 Å². The highest BCUT2D eigenvalue weighted by atomic mass is 32.2. The van der Waals surface area contributed by atoms with Crippen molar-refractivity contribution in [2.75, 3.05) is 13.2 Å². The number of rotatable bonds is 3. The number of hydrogen-bond donors (Lipinski definition) is 1. The maximum absolute atomic E-state index is 13.6. The van der Waals surface area contributed by atoms with Gasteiger partial charge in [-0.05, 0) is 37.8 Å². The van der Waals surface area contributed by atoms with Crippen LogP contribution in [0.5, 0.6) is 0 Å². The van der Waals surface area contributed by atoms with Gasteiger partial charge >= 0.3 is 0 Å². The van der Waals surface area contributed by atoms with Crippen molar-refractivity contribution < 1.29 is 17.9 Å². The predicted octanol–water partition coefficient (Wildman–Crippen LogP) is 1.48. The standard InChI is InChI=1S/C14H17FN2O3S/c1-10-5-6-11(9-18)8-17(10)21(19,20)14-4-2-3-13(15)12(14)7-16/h2-4,10-11,18H,5-6,8-9H2,1H3/t10-,11+/m0/s1. The Morgan fingerprint density at radius 1 is 1.48 bits per heavy atom. The second-order valence-electron chi connectivity index (χ2n) is 5.27. The molecule has 0 aliphatic carbocycles. The summed E-state index contributed by atoms with van der Waals surface area (Å²) in [5.41, 5.74) is -0.462. The second-order valence-corrected chi connectivity index (χ2v) is 7.13. The first-order chi connectivity index (χ1) is 9.91. The number of hydrogen-bond acceptors (Lipinski definition) is 4. The zero-order valence-electron chi connectivity index (χ0n) is 11.7. The van der Waals surface area contributed by atoms with Crippen molar-refractivity contribution in [2.24, 2.45) is 5.92 Å². The number of aliphatic hydroxyl groups is 1. The molecule has 1 aliphatic rings. The van der Waals surface area contributed by atoms with Crippen LogP contribution in [0.2, 0.25) is 0 Å². The Labute approximate surface area is 123 Å². The summed E-state index contributed by atoms with van der Waals surface area (Å²) >= 11 is 0. The average Bonchev–Trinajstić information content (AvgIpc) is 2.47. The van der Waals surface area contributed by atoms with Gasteiger partial charge in [0.05, 0.1) is 0 Å². The van der Waals surface area contributed by atoms with Crippen molar-refractivity contribution in [3.8, 4) is 6.07 Å². The molecule has 1 heterocycles. The predicted molar refractivity (Wildman–Crippen MR) is 74.3 cm³/mol. The molecule has 5 nitrogen and oxygen atoms in total. The van der Waals surface area contributed by atoms with E-state index >= 15 is 0 Å². The van der Waals surface area contributed by atoms with Gasteiger partial charge in [0, 0.05) is 19.2 Å². The summed E-state index contributed by atoms with van der Waals surface area (Å²) in [6.45, 7) is 1.87. The molecular formula is C14H17FN2O3S. The molecule has 1 saturated heterocycles. The maximum atomic E-state index is 13.6. The third-order valence-corrected chi connectivity index (χ3v) is 5.88. The van der Waals surface area contributed by atoms with Gasteiger partial charge in [-0.25, -0.2) is 12.8 Å². The number of benzene rings is 1. The summed E-state index contributed by atoms with van der Waals surface area (Å²) < 4.78 is 40.3. The molecule has 114 valence electrons. The highest BCUT2D eigenvalue weighted by Gasteiger charge is 2.36. The summed E-state index contributed by atoms with van der Waals surface area (Å²) in [5, 5.41) is 18.3. The Kier molecular flexibility index (Phi) is 4.61. The van der Waals surface area contributed by atoms with Crippen LogP contribution in [-0.2, 0) is 10.0 Å². The van der Waals surface area contributed by atoms with Crippen LogP contribution in [-0.4, -0.2) is 37.0 Å². The van der Waals surface area contributed by atoms with Gasteiger partial charge in [0.15, 0.2) is 0 Å². The van der Waals surface area contributed by atoms with Crippen LogP contribution in [0.25, 0.3) is 0 Å². The van der Waals surface area contributed by atoms with E-state index in [1.807, 2.05) is 0 Å². The van der Waals surface area contributed by atoms with Crippen molar-refractivity contribution in [3.05, 3.63) is 29.6 Å². The summed E-state index contributed by atoms with van der Waals surface area (Å²) in [4.78, 5) is -0.310. The van der Waals surface area contributed by atoms with Gasteiger partial charge < -0.3 is 5.11 Å². The van der Waals surface area contributed by atoms with Crippen LogP contribution < -0.4 is 0 Å². The fourth-order valence-corrected chi connectivity index (χ4v) is 4.48. The van der Waals surface area contributed by atoms with Crippen LogP contribution in [0.3, 0.4) is 0 Å². The minimum Gasteiger partial charge on any atom is -0.396 e. The minimum atomic E-state index is -3.96. The third kappa shape index (κ3) is 2.93. The molecule has 0 saturated carbocycles. The normalized spacial score (nSPS) is 23.7. The van der Waals surface area contributed by atoms with E-state index in [9.17, 15) is 17.9 Å². The van der Waals surface area contributed by atoms with E-state index in [-0.39, 0.29) is 30.0 Å². The van der Waals surface area contributed by atoms with Gasteiger partial charge in [0.1, 0.15) is 22.3 Å². The minimum absolute atomic E-state index is 0.0903. The van der Waals surface area contributed by atoms with Gasteiger partial charge in [-0.2, -0.15) is 9.57 Å². The zero-order chi connectivity index (χ0) is 15.6. The number of nitriles is 1. The first-order valence-electron chi connectivity index (χ1n) is 6.73. The molecule has 1 aliphatic heterocycles. The summed E-state index contributed by atoms with van der Waals surface area (Å²) in [6, 6.07) is 4.96. The van der Waals surface area contributed by atoms with E-state index in [4.69, 9.17) is 5.26 Å². The zero-order valence-corrected chi connectivity index (χ0v) is 12.5. The van der Waals surface area contributed by atoms with Gasteiger partial charge in [-0.3, -0.25) is 0 Å². The average molecular weight is 312 g/mol. The highest BCUT2D eigenvalue weighted by Crippen LogP contribution is 2.29. The SMILES string of the molecule is C[C@H]1CC[C@@H](CO)CN1S(=O)(=O)c1cccc(F)c1C#N. The molecular weight excluding hydrogens is 295 g/mol. The van der Waals surface area contributed by atoms with Crippen molar-refractivity contribution >= 4 is 10.0 Å². The van der Waals surface area contributed by atoms with E-state index in [1.54, 1.807) is 13.0 Å². The number of halogens is 1. The van der Waals surface area contributed by atoms with Crippen molar-refractivity contribution in [2.45, 2.75) is 30.7 Å². The van der Waals surface area contributed by atoms with Crippen molar-refractivity contribution in [3.63, 3.8) is 0 Å². The molecule has 0 aromatic heterocycles. The first-order valence-corrected chi connectivity index (χ1v) is 8.17. The number of aliphatic hydroxyl groups excluding tert-OH is 1. The molecule has 7 heteroatoms. The lowest BCUT2D eigenvalue weighted by molar-refractivity contribution is 0.139. The molecule has 0 spiro atoms. The molecule has 1 aromatic carbocycles. The van der Waals surface area contributed by atoms with E-state index in [2.05, 4.69) is 0 Å². The summed E-state index contributed by atoms with van der Waals surface area (Å²) in [6.07, 6.45) is 1.37. The number of sulfonamides is 1. The number of nitrogens with zero attached hydrogens (tertiary/aromatic N) is 2. The Morgan fingerprint density at radius 3 is 2.81 bits per heavy atom. The van der Waals surface area contributed by atoms with Gasteiger partial charge in [0.25, 0.3) is 0 Å². The van der Waals surface area contributed by atoms with Gasteiger partial charge in [0.2, 0.25) is 10.0 Å². The van der Waals surface area contributed by atoms with E-state index < -0.39 is 21.4 Å². The van der Waals surface area contributed by atoms with Gasteiger partial charge in [-0.1, -0.05) is 6.07 Å². The Bertz CT molecular complexity index is 669. The lowest BCUT2D eigenvalue weighted by atomic mass is 9.96. The van der Waals surface area contributed by atoms with Crippen LogP contribution in [0.1, 0.15) is 25.3 Å². The van der Waals surface area contributed by atoms with E-state index in [1.165, 1.54) is 16.4 Å². The van der Waals surface area contributed by atoms with Crippen molar-refractivity contribution in [1.82, 2.24) is 4.31 Å². The van der Waals surface area contributed by atoms with E-state index in [0.29, 0.717) is 6.42 Å². The largest absolute Gasteiger partial charge is 0.396 e. The fourth-order valence-electron chi connectivity index (χ4n) is 2.58. The highest BCUT2D eigenvalue weighted by molar-refractivity contribution is 7.89. The third-order valence-electron chi connectivity index (χ3n) is 3.85. The second kappa shape index (κ2) is 6.10. The van der Waals surface area contributed by atoms with Crippen molar-refractivity contribution in [1.29, 1.82) is 5.26 Å². The Balaban J connectivity index is 2.47. The fraction of sp³-hybridized carbons (Fsp3) is 0.500. The molecule has 0 unspecified atom stereocenters. The molecule has 21 heavy (non-hydrogen) atoms. The molecule has 1 aromatic rings. The molecule has 2 atom stereocenters. The molecule has 0 radical (unpaired) electrons. The summed E-state index contributed by atoms with van der Waals surface area (Å²) in [5.74, 6) is -0.975. The quantitative estimate of drug-likeness (QED) is 0.916. The van der Waals surface area contributed by atoms with Crippen LogP contribution in [0.15, 0.2) is 23.1 Å². The Morgan fingerprint density at radius 2 is 2.19 bits per heavy atom. The Hall–Kier alpha value is -1.49. The first kappa shape index (κ1) is 15.9. The van der Waals surface area contributed by atoms with E-state index in [0.717, 1.165) is 12.5 Å². The number of piperidine rings is 1. The topological polar surface area (TPSA) is 81.4 Å². The molecule has 2 rings (SSSR count). The lowest BCUT2D eigenvalue weighted by Gasteiger charge is -2.36. The maximum Gasteiger partial charge on any atom is 0.244 e. The van der Waals surface area contributed by atoms with Crippen LogP contribution in [0.4, 0.5) is 4.39 Å². The summed E-state index contributed by atoms with van der Waals surface area (Å²) in [7, 11) is -3.96. The monoisotopic (exact) mass is 312 g/mol. The smallest absolute Gasteiger partial charge is 0.244 e.